The quantitative estimate of drug-likeness (QED) is 0.836. The molecule has 2 aromatic heterocycles. The topological polar surface area (TPSA) is 98.4 Å². The molecule has 0 aromatic carbocycles. The molecule has 0 aliphatic rings. The highest BCUT2D eigenvalue weighted by Crippen LogP contribution is 2.17. The van der Waals surface area contributed by atoms with E-state index in [0.717, 1.165) is 0 Å². The summed E-state index contributed by atoms with van der Waals surface area (Å²) in [7, 11) is 1.78. The van der Waals surface area contributed by atoms with E-state index in [2.05, 4.69) is 10.1 Å². The zero-order chi connectivity index (χ0) is 16.2. The van der Waals surface area contributed by atoms with E-state index < -0.39 is 0 Å². The molecule has 2 aromatic rings. The van der Waals surface area contributed by atoms with Gasteiger partial charge in [0.25, 0.3) is 0 Å². The number of carbonyl (C=O) groups excluding carboxylic acids is 1. The molecule has 0 radical (unpaired) electrons. The number of nitrogens with two attached hydrogens (primary N) is 1. The monoisotopic (exact) mass is 306 g/mol. The zero-order valence-corrected chi connectivity index (χ0v) is 13.2. The molecule has 0 spiro atoms. The second-order valence-corrected chi connectivity index (χ2v) is 6.11. The Morgan fingerprint density at radius 2 is 2.23 bits per heavy atom. The Labute approximate surface area is 129 Å². The molecule has 0 fully saturated rings. The first-order valence-electron chi connectivity index (χ1n) is 7.22. The van der Waals surface area contributed by atoms with E-state index in [4.69, 9.17) is 14.7 Å². The first kappa shape index (κ1) is 16.2. The van der Waals surface area contributed by atoms with Crippen LogP contribution in [0.2, 0.25) is 0 Å². The molecule has 0 aliphatic carbocycles. The standard InChI is InChI=1S/C15H22N4O3/c1-15(2,9-16)10-19(3)13(20)7-6-12-17-14(18-22-12)11-5-4-8-21-11/h4-5,8H,6-7,9-10,16H2,1-3H3. The summed E-state index contributed by atoms with van der Waals surface area (Å²) in [4.78, 5) is 18.0. The first-order chi connectivity index (χ1) is 10.4. The van der Waals surface area contributed by atoms with E-state index >= 15 is 0 Å². The van der Waals surface area contributed by atoms with Crippen molar-refractivity contribution in [1.82, 2.24) is 15.0 Å². The van der Waals surface area contributed by atoms with Gasteiger partial charge in [0.05, 0.1) is 6.26 Å². The molecule has 2 N–H and O–H groups in total. The number of hydrogen-bond donors (Lipinski definition) is 1. The van der Waals surface area contributed by atoms with E-state index in [9.17, 15) is 4.79 Å². The van der Waals surface area contributed by atoms with E-state index in [1.165, 1.54) is 0 Å². The fourth-order valence-corrected chi connectivity index (χ4v) is 2.06. The van der Waals surface area contributed by atoms with Gasteiger partial charge in [0.15, 0.2) is 5.76 Å². The zero-order valence-electron chi connectivity index (χ0n) is 13.2. The van der Waals surface area contributed by atoms with Crippen molar-refractivity contribution in [3.8, 4) is 11.6 Å². The highest BCUT2D eigenvalue weighted by atomic mass is 16.5. The normalized spacial score (nSPS) is 11.6. The summed E-state index contributed by atoms with van der Waals surface area (Å²) in [6.07, 6.45) is 2.26. The predicted molar refractivity (Wildman–Crippen MR) is 80.8 cm³/mol. The molecule has 0 unspecified atom stereocenters. The molecule has 7 nitrogen and oxygen atoms in total. The van der Waals surface area contributed by atoms with Gasteiger partial charge >= 0.3 is 0 Å². The lowest BCUT2D eigenvalue weighted by Crippen LogP contribution is -2.39. The number of furan rings is 1. The van der Waals surface area contributed by atoms with Crippen molar-refractivity contribution in [2.75, 3.05) is 20.1 Å². The largest absolute Gasteiger partial charge is 0.461 e. The molecule has 0 aliphatic heterocycles. The maximum absolute atomic E-state index is 12.1. The minimum Gasteiger partial charge on any atom is -0.461 e. The highest BCUT2D eigenvalue weighted by molar-refractivity contribution is 5.76. The van der Waals surface area contributed by atoms with E-state index in [1.54, 1.807) is 30.3 Å². The number of aromatic nitrogens is 2. The van der Waals surface area contributed by atoms with Crippen molar-refractivity contribution in [3.63, 3.8) is 0 Å². The van der Waals surface area contributed by atoms with Crippen molar-refractivity contribution >= 4 is 5.91 Å². The third-order valence-electron chi connectivity index (χ3n) is 3.41. The molecule has 120 valence electrons. The van der Waals surface area contributed by atoms with E-state index in [-0.39, 0.29) is 11.3 Å². The summed E-state index contributed by atoms with van der Waals surface area (Å²) in [5, 5.41) is 3.83. The predicted octanol–water partition coefficient (Wildman–Crippen LogP) is 1.71. The number of rotatable bonds is 7. The van der Waals surface area contributed by atoms with Crippen molar-refractivity contribution in [2.45, 2.75) is 26.7 Å². The summed E-state index contributed by atoms with van der Waals surface area (Å²) in [6, 6.07) is 3.51. The lowest BCUT2D eigenvalue weighted by atomic mass is 9.93. The molecule has 0 saturated heterocycles. The van der Waals surface area contributed by atoms with Crippen LogP contribution in [-0.2, 0) is 11.2 Å². The van der Waals surface area contributed by atoms with Crippen molar-refractivity contribution in [1.29, 1.82) is 0 Å². The van der Waals surface area contributed by atoms with Gasteiger partial charge in [-0.3, -0.25) is 4.79 Å². The van der Waals surface area contributed by atoms with Gasteiger partial charge in [-0.1, -0.05) is 19.0 Å². The Bertz CT molecular complexity index is 604. The Balaban J connectivity index is 1.86. The molecule has 0 atom stereocenters. The average molecular weight is 306 g/mol. The molecule has 1 amide bonds. The van der Waals surface area contributed by atoms with Gasteiger partial charge in [0, 0.05) is 26.4 Å². The Morgan fingerprint density at radius 1 is 1.45 bits per heavy atom. The van der Waals surface area contributed by atoms with Crippen molar-refractivity contribution < 1.29 is 13.7 Å². The van der Waals surface area contributed by atoms with Crippen LogP contribution in [0.3, 0.4) is 0 Å². The van der Waals surface area contributed by atoms with Gasteiger partial charge in [0.2, 0.25) is 17.6 Å². The second-order valence-electron chi connectivity index (χ2n) is 6.11. The molecule has 7 heteroatoms. The average Bonchev–Trinajstić information content (AvgIpc) is 3.14. The molecular weight excluding hydrogens is 284 g/mol. The van der Waals surface area contributed by atoms with Crippen LogP contribution in [0.5, 0.6) is 0 Å². The fourth-order valence-electron chi connectivity index (χ4n) is 2.06. The lowest BCUT2D eigenvalue weighted by Gasteiger charge is -2.29. The Hall–Kier alpha value is -2.15. The fraction of sp³-hybridized carbons (Fsp3) is 0.533. The van der Waals surface area contributed by atoms with Crippen LogP contribution >= 0.6 is 0 Å². The minimum atomic E-state index is -0.0959. The van der Waals surface area contributed by atoms with Crippen molar-refractivity contribution in [2.24, 2.45) is 11.1 Å². The first-order valence-corrected chi connectivity index (χ1v) is 7.22. The van der Waals surface area contributed by atoms with E-state index in [1.807, 2.05) is 13.8 Å². The van der Waals surface area contributed by atoms with Gasteiger partial charge in [-0.2, -0.15) is 4.98 Å². The SMILES string of the molecule is CN(CC(C)(C)CN)C(=O)CCc1nc(-c2ccco2)no1. The van der Waals surface area contributed by atoms with Crippen LogP contribution < -0.4 is 5.73 Å². The third-order valence-corrected chi connectivity index (χ3v) is 3.41. The summed E-state index contributed by atoms with van der Waals surface area (Å²) in [5.41, 5.74) is 5.59. The second kappa shape index (κ2) is 6.74. The number of nitrogens with zero attached hydrogens (tertiary/aromatic N) is 3. The lowest BCUT2D eigenvalue weighted by molar-refractivity contribution is -0.131. The summed E-state index contributed by atoms with van der Waals surface area (Å²) >= 11 is 0. The summed E-state index contributed by atoms with van der Waals surface area (Å²) in [6.45, 7) is 5.21. The van der Waals surface area contributed by atoms with Gasteiger partial charge in [-0.15, -0.1) is 0 Å². The Morgan fingerprint density at radius 3 is 2.86 bits per heavy atom. The van der Waals surface area contributed by atoms with Crippen LogP contribution in [0.4, 0.5) is 0 Å². The number of aryl methyl sites for hydroxylation is 1. The maximum Gasteiger partial charge on any atom is 0.238 e. The molecule has 0 saturated carbocycles. The van der Waals surface area contributed by atoms with Gasteiger partial charge in [0.1, 0.15) is 0 Å². The maximum atomic E-state index is 12.1. The summed E-state index contributed by atoms with van der Waals surface area (Å²) in [5.74, 6) is 1.39. The molecule has 0 bridgehead atoms. The molecule has 2 heterocycles. The number of carbonyl (C=O) groups is 1. The molecule has 22 heavy (non-hydrogen) atoms. The minimum absolute atomic E-state index is 0.0271. The summed E-state index contributed by atoms with van der Waals surface area (Å²) < 4.78 is 10.3. The van der Waals surface area contributed by atoms with Crippen LogP contribution in [-0.4, -0.2) is 41.1 Å². The number of hydrogen-bond acceptors (Lipinski definition) is 6. The van der Waals surface area contributed by atoms with Crippen LogP contribution in [0, 0.1) is 5.41 Å². The van der Waals surface area contributed by atoms with Gasteiger partial charge < -0.3 is 19.6 Å². The van der Waals surface area contributed by atoms with Crippen LogP contribution in [0.15, 0.2) is 27.3 Å². The smallest absolute Gasteiger partial charge is 0.238 e. The number of amides is 1. The van der Waals surface area contributed by atoms with E-state index in [0.29, 0.717) is 43.4 Å². The highest BCUT2D eigenvalue weighted by Gasteiger charge is 2.21. The van der Waals surface area contributed by atoms with Gasteiger partial charge in [-0.25, -0.2) is 0 Å². The van der Waals surface area contributed by atoms with Gasteiger partial charge in [-0.05, 0) is 24.1 Å². The van der Waals surface area contributed by atoms with Crippen LogP contribution in [0.1, 0.15) is 26.2 Å². The third kappa shape index (κ3) is 4.17. The molecular formula is C15H22N4O3. The van der Waals surface area contributed by atoms with Crippen LogP contribution in [0.25, 0.3) is 11.6 Å². The Kier molecular flexibility index (Phi) is 4.97. The van der Waals surface area contributed by atoms with Crippen molar-refractivity contribution in [3.05, 3.63) is 24.3 Å². The molecule has 2 rings (SSSR count).